The Hall–Kier alpha value is -0.770. The van der Waals surface area contributed by atoms with Crippen molar-refractivity contribution in [2.24, 2.45) is 29.6 Å². The van der Waals surface area contributed by atoms with Crippen molar-refractivity contribution in [1.29, 1.82) is 0 Å². The SMILES string of the molecule is O=C(NC1C2CNCC21)NC12CC3CC(CC(C3)C1)C2. The second kappa shape index (κ2) is 3.90. The number of piperidine rings is 1. The third kappa shape index (κ3) is 1.73. The lowest BCUT2D eigenvalue weighted by molar-refractivity contribution is -0.0135. The van der Waals surface area contributed by atoms with E-state index in [0.29, 0.717) is 17.9 Å². The molecule has 20 heavy (non-hydrogen) atoms. The number of hydrogen-bond donors (Lipinski definition) is 3. The van der Waals surface area contributed by atoms with Gasteiger partial charge in [0.05, 0.1) is 0 Å². The van der Waals surface area contributed by atoms with Crippen molar-refractivity contribution in [1.82, 2.24) is 16.0 Å². The molecule has 0 aromatic rings. The summed E-state index contributed by atoms with van der Waals surface area (Å²) in [5.74, 6) is 4.09. The molecule has 110 valence electrons. The van der Waals surface area contributed by atoms with Gasteiger partial charge in [0.15, 0.2) is 0 Å². The zero-order chi connectivity index (χ0) is 13.3. The van der Waals surface area contributed by atoms with Gasteiger partial charge >= 0.3 is 6.03 Å². The van der Waals surface area contributed by atoms with Crippen LogP contribution in [0, 0.1) is 29.6 Å². The topological polar surface area (TPSA) is 53.2 Å². The molecule has 6 fully saturated rings. The van der Waals surface area contributed by atoms with Gasteiger partial charge in [0.25, 0.3) is 0 Å². The van der Waals surface area contributed by atoms with Crippen LogP contribution >= 0.6 is 0 Å². The molecule has 1 saturated heterocycles. The summed E-state index contributed by atoms with van der Waals surface area (Å²) >= 11 is 0. The van der Waals surface area contributed by atoms with E-state index in [-0.39, 0.29) is 11.6 Å². The molecule has 0 radical (unpaired) electrons. The van der Waals surface area contributed by atoms with E-state index in [9.17, 15) is 4.79 Å². The minimum Gasteiger partial charge on any atom is -0.335 e. The Kier molecular flexibility index (Phi) is 2.31. The van der Waals surface area contributed by atoms with Crippen LogP contribution in [0.3, 0.4) is 0 Å². The largest absolute Gasteiger partial charge is 0.335 e. The van der Waals surface area contributed by atoms with Gasteiger partial charge in [0, 0.05) is 24.7 Å². The van der Waals surface area contributed by atoms with Crippen molar-refractivity contribution in [3.8, 4) is 0 Å². The summed E-state index contributed by atoms with van der Waals surface area (Å²) in [6.07, 6.45) is 8.02. The number of nitrogens with one attached hydrogen (secondary N) is 3. The van der Waals surface area contributed by atoms with Crippen molar-refractivity contribution in [3.63, 3.8) is 0 Å². The fraction of sp³-hybridized carbons (Fsp3) is 0.938. The fourth-order valence-corrected chi connectivity index (χ4v) is 6.32. The van der Waals surface area contributed by atoms with E-state index in [2.05, 4.69) is 16.0 Å². The summed E-state index contributed by atoms with van der Waals surface area (Å²) in [6, 6.07) is 0.566. The second-order valence-corrected chi connectivity index (χ2v) is 8.31. The van der Waals surface area contributed by atoms with Crippen LogP contribution in [0.4, 0.5) is 4.79 Å². The second-order valence-electron chi connectivity index (χ2n) is 8.31. The highest BCUT2D eigenvalue weighted by Gasteiger charge is 2.55. The van der Waals surface area contributed by atoms with Crippen LogP contribution in [0.2, 0.25) is 0 Å². The zero-order valence-electron chi connectivity index (χ0n) is 12.0. The van der Waals surface area contributed by atoms with Crippen LogP contribution in [-0.4, -0.2) is 30.7 Å². The summed E-state index contributed by atoms with van der Waals surface area (Å²) in [6.45, 7) is 2.18. The number of fused-ring (bicyclic) bond motifs is 1. The lowest BCUT2D eigenvalue weighted by atomic mass is 9.53. The quantitative estimate of drug-likeness (QED) is 0.715. The summed E-state index contributed by atoms with van der Waals surface area (Å²) in [7, 11) is 0. The molecule has 3 N–H and O–H groups in total. The normalized spacial score (nSPS) is 54.6. The predicted octanol–water partition coefficient (Wildman–Crippen LogP) is 1.47. The van der Waals surface area contributed by atoms with Gasteiger partial charge in [-0.25, -0.2) is 4.79 Å². The molecule has 4 heteroatoms. The lowest BCUT2D eigenvalue weighted by Crippen LogP contribution is -2.61. The van der Waals surface area contributed by atoms with Gasteiger partial charge in [0.2, 0.25) is 0 Å². The molecule has 4 nitrogen and oxygen atoms in total. The van der Waals surface area contributed by atoms with Crippen LogP contribution in [0.1, 0.15) is 38.5 Å². The highest BCUT2D eigenvalue weighted by Crippen LogP contribution is 2.55. The van der Waals surface area contributed by atoms with Crippen LogP contribution < -0.4 is 16.0 Å². The summed E-state index contributed by atoms with van der Waals surface area (Å²) < 4.78 is 0. The average Bonchev–Trinajstić information content (AvgIpc) is 2.81. The van der Waals surface area contributed by atoms with Crippen LogP contribution in [-0.2, 0) is 0 Å². The molecule has 2 atom stereocenters. The van der Waals surface area contributed by atoms with Crippen molar-refractivity contribution in [2.45, 2.75) is 50.1 Å². The molecule has 0 spiro atoms. The highest BCUT2D eigenvalue weighted by molar-refractivity contribution is 5.76. The van der Waals surface area contributed by atoms with Gasteiger partial charge in [0.1, 0.15) is 0 Å². The molecule has 0 aromatic heterocycles. The first-order chi connectivity index (χ1) is 9.71. The van der Waals surface area contributed by atoms with Crippen LogP contribution in [0.25, 0.3) is 0 Å². The fourth-order valence-electron chi connectivity index (χ4n) is 6.32. The van der Waals surface area contributed by atoms with Crippen LogP contribution in [0.15, 0.2) is 0 Å². The van der Waals surface area contributed by atoms with E-state index < -0.39 is 0 Å². The van der Waals surface area contributed by atoms with Gasteiger partial charge in [-0.2, -0.15) is 0 Å². The number of urea groups is 1. The third-order valence-corrected chi connectivity index (χ3v) is 6.81. The molecular weight excluding hydrogens is 250 g/mol. The molecule has 5 saturated carbocycles. The molecule has 4 bridgehead atoms. The summed E-state index contributed by atoms with van der Waals surface area (Å²) in [4.78, 5) is 12.4. The monoisotopic (exact) mass is 275 g/mol. The molecule has 5 aliphatic carbocycles. The van der Waals surface area contributed by atoms with Gasteiger partial charge in [-0.3, -0.25) is 0 Å². The molecule has 6 rings (SSSR count). The van der Waals surface area contributed by atoms with E-state index >= 15 is 0 Å². The maximum absolute atomic E-state index is 12.4. The third-order valence-electron chi connectivity index (χ3n) is 6.81. The molecule has 6 aliphatic rings. The number of carbonyl (C=O) groups excluding carboxylic acids is 1. The van der Waals surface area contributed by atoms with E-state index in [1.54, 1.807) is 0 Å². The van der Waals surface area contributed by atoms with Crippen molar-refractivity contribution >= 4 is 6.03 Å². The van der Waals surface area contributed by atoms with E-state index in [1.807, 2.05) is 0 Å². The first kappa shape index (κ1) is 11.8. The van der Waals surface area contributed by atoms with E-state index in [4.69, 9.17) is 0 Å². The number of carbonyl (C=O) groups is 1. The van der Waals surface area contributed by atoms with Gasteiger partial charge in [-0.05, 0) is 68.1 Å². The molecule has 0 aromatic carbocycles. The van der Waals surface area contributed by atoms with Gasteiger partial charge in [-0.15, -0.1) is 0 Å². The standard InChI is InChI=1S/C16H25N3O/c20-15(18-14-12-7-17-8-13(12)14)19-16-4-9-1-10(5-16)3-11(2-9)6-16/h9-14,17H,1-8H2,(H2,18,19,20). The lowest BCUT2D eigenvalue weighted by Gasteiger charge is -2.56. The Bertz CT molecular complexity index is 404. The maximum Gasteiger partial charge on any atom is 0.315 e. The predicted molar refractivity (Wildman–Crippen MR) is 76.2 cm³/mol. The zero-order valence-corrected chi connectivity index (χ0v) is 12.0. The Morgan fingerprint density at radius 1 is 0.950 bits per heavy atom. The minimum atomic E-state index is 0.117. The molecule has 2 amide bonds. The Morgan fingerprint density at radius 2 is 1.50 bits per heavy atom. The first-order valence-electron chi connectivity index (χ1n) is 8.50. The highest BCUT2D eigenvalue weighted by atomic mass is 16.2. The number of hydrogen-bond acceptors (Lipinski definition) is 2. The first-order valence-corrected chi connectivity index (χ1v) is 8.50. The average molecular weight is 275 g/mol. The number of amides is 2. The summed E-state index contributed by atoms with van der Waals surface area (Å²) in [5.41, 5.74) is 0.154. The Morgan fingerprint density at radius 3 is 2.05 bits per heavy atom. The smallest absolute Gasteiger partial charge is 0.315 e. The van der Waals surface area contributed by atoms with E-state index in [1.165, 1.54) is 38.5 Å². The molecule has 1 heterocycles. The van der Waals surface area contributed by atoms with Gasteiger partial charge in [-0.1, -0.05) is 0 Å². The summed E-state index contributed by atoms with van der Waals surface area (Å²) in [5, 5.41) is 10.0. The van der Waals surface area contributed by atoms with Crippen LogP contribution in [0.5, 0.6) is 0 Å². The van der Waals surface area contributed by atoms with Crippen molar-refractivity contribution in [3.05, 3.63) is 0 Å². The minimum absolute atomic E-state index is 0.117. The molecular formula is C16H25N3O. The van der Waals surface area contributed by atoms with Crippen molar-refractivity contribution in [2.75, 3.05) is 13.1 Å². The maximum atomic E-state index is 12.4. The van der Waals surface area contributed by atoms with E-state index in [0.717, 1.165) is 30.8 Å². The Balaban J connectivity index is 1.24. The molecule has 1 aliphatic heterocycles. The van der Waals surface area contributed by atoms with Gasteiger partial charge < -0.3 is 16.0 Å². The molecule has 2 unspecified atom stereocenters. The number of rotatable bonds is 2. The van der Waals surface area contributed by atoms with Crippen molar-refractivity contribution < 1.29 is 4.79 Å². The Labute approximate surface area is 120 Å².